The molecule has 1 aromatic rings. The van der Waals surface area contributed by atoms with Crippen LogP contribution in [0, 0.1) is 0 Å². The van der Waals surface area contributed by atoms with E-state index in [4.69, 9.17) is 4.74 Å². The Bertz CT molecular complexity index is 460. The van der Waals surface area contributed by atoms with E-state index >= 15 is 0 Å². The van der Waals surface area contributed by atoms with Crippen molar-refractivity contribution in [3.05, 3.63) is 29.3 Å². The van der Waals surface area contributed by atoms with Crippen molar-refractivity contribution < 1.29 is 4.74 Å². The smallest absolute Gasteiger partial charge is 0.122 e. The lowest BCUT2D eigenvalue weighted by Gasteiger charge is -2.24. The number of ether oxygens (including phenoxy) is 1. The van der Waals surface area contributed by atoms with Gasteiger partial charge in [0.15, 0.2) is 0 Å². The molecule has 1 saturated heterocycles. The second-order valence-corrected chi connectivity index (χ2v) is 6.11. The predicted octanol–water partition coefficient (Wildman–Crippen LogP) is 2.76. The molecule has 1 aromatic carbocycles. The van der Waals surface area contributed by atoms with Crippen molar-refractivity contribution in [3.8, 4) is 5.75 Å². The lowest BCUT2D eigenvalue weighted by Crippen LogP contribution is -2.37. The Labute approximate surface area is 122 Å². The zero-order valence-corrected chi connectivity index (χ0v) is 12.7. The quantitative estimate of drug-likeness (QED) is 0.893. The number of benzene rings is 1. The van der Waals surface area contributed by atoms with Gasteiger partial charge in [-0.1, -0.05) is 19.1 Å². The Morgan fingerprint density at radius 3 is 3.10 bits per heavy atom. The highest BCUT2D eigenvalue weighted by molar-refractivity contribution is 5.40. The van der Waals surface area contributed by atoms with Crippen LogP contribution >= 0.6 is 0 Å². The number of nitrogens with one attached hydrogen (secondary N) is 1. The largest absolute Gasteiger partial charge is 0.493 e. The number of likely N-dealkylation sites (N-methyl/N-ethyl adjacent to an activating group) is 1. The molecule has 2 aliphatic heterocycles. The number of rotatable bonds is 5. The molecule has 2 heterocycles. The Kier molecular flexibility index (Phi) is 4.27. The monoisotopic (exact) mass is 274 g/mol. The summed E-state index contributed by atoms with van der Waals surface area (Å²) in [5, 5.41) is 3.77. The Balaban J connectivity index is 1.64. The molecule has 1 N–H and O–H groups in total. The topological polar surface area (TPSA) is 24.5 Å². The zero-order chi connectivity index (χ0) is 13.9. The molecule has 0 aliphatic carbocycles. The Morgan fingerprint density at radius 2 is 2.35 bits per heavy atom. The second-order valence-electron chi connectivity index (χ2n) is 6.11. The molecule has 0 radical (unpaired) electrons. The van der Waals surface area contributed by atoms with Crippen molar-refractivity contribution in [3.63, 3.8) is 0 Å². The number of nitrogens with zero attached hydrogens (tertiary/aromatic N) is 1. The summed E-state index contributed by atoms with van der Waals surface area (Å²) in [6.07, 6.45) is 4.87. The lowest BCUT2D eigenvalue weighted by molar-refractivity contribution is 0.290. The van der Waals surface area contributed by atoms with E-state index in [-0.39, 0.29) is 0 Å². The van der Waals surface area contributed by atoms with Crippen LogP contribution in [0.1, 0.15) is 43.4 Å². The summed E-state index contributed by atoms with van der Waals surface area (Å²) >= 11 is 0. The van der Waals surface area contributed by atoms with Gasteiger partial charge >= 0.3 is 0 Å². The van der Waals surface area contributed by atoms with Crippen LogP contribution in [0.25, 0.3) is 0 Å². The average Bonchev–Trinajstić information content (AvgIpc) is 3.08. The SMILES string of the molecule is CCC(NCC1CCCN1C)c1ccc2c(c1)CCO2. The molecule has 0 spiro atoms. The average molecular weight is 274 g/mol. The molecule has 1 fully saturated rings. The van der Waals surface area contributed by atoms with Gasteiger partial charge in [-0.2, -0.15) is 0 Å². The number of likely N-dealkylation sites (tertiary alicyclic amines) is 1. The highest BCUT2D eigenvalue weighted by Crippen LogP contribution is 2.29. The van der Waals surface area contributed by atoms with Crippen molar-refractivity contribution in [2.24, 2.45) is 0 Å². The molecule has 0 aromatic heterocycles. The number of hydrogen-bond acceptors (Lipinski definition) is 3. The number of hydrogen-bond donors (Lipinski definition) is 1. The summed E-state index contributed by atoms with van der Waals surface area (Å²) < 4.78 is 5.60. The Hall–Kier alpha value is -1.06. The van der Waals surface area contributed by atoms with Gasteiger partial charge in [0.2, 0.25) is 0 Å². The third-order valence-electron chi connectivity index (χ3n) is 4.80. The van der Waals surface area contributed by atoms with E-state index in [0.717, 1.165) is 31.7 Å². The molecule has 2 aliphatic rings. The number of fused-ring (bicyclic) bond motifs is 1. The molecule has 2 atom stereocenters. The van der Waals surface area contributed by atoms with E-state index in [1.165, 1.54) is 30.5 Å². The van der Waals surface area contributed by atoms with Crippen LogP contribution in [-0.4, -0.2) is 37.7 Å². The van der Waals surface area contributed by atoms with Crippen LogP contribution in [0.3, 0.4) is 0 Å². The van der Waals surface area contributed by atoms with Gasteiger partial charge in [-0.25, -0.2) is 0 Å². The first-order valence-electron chi connectivity index (χ1n) is 7.97. The Morgan fingerprint density at radius 1 is 1.45 bits per heavy atom. The zero-order valence-electron chi connectivity index (χ0n) is 12.7. The van der Waals surface area contributed by atoms with Gasteiger partial charge in [-0.3, -0.25) is 0 Å². The highest BCUT2D eigenvalue weighted by atomic mass is 16.5. The molecule has 3 nitrogen and oxygen atoms in total. The maximum absolute atomic E-state index is 5.60. The summed E-state index contributed by atoms with van der Waals surface area (Å²) in [6.45, 7) is 5.46. The highest BCUT2D eigenvalue weighted by Gasteiger charge is 2.22. The molecule has 0 bridgehead atoms. The molecule has 20 heavy (non-hydrogen) atoms. The van der Waals surface area contributed by atoms with Crippen molar-refractivity contribution >= 4 is 0 Å². The van der Waals surface area contributed by atoms with Crippen LogP contribution in [0.4, 0.5) is 0 Å². The second kappa shape index (κ2) is 6.15. The minimum atomic E-state index is 0.467. The molecule has 3 rings (SSSR count). The third kappa shape index (κ3) is 2.84. The van der Waals surface area contributed by atoms with Crippen molar-refractivity contribution in [1.29, 1.82) is 0 Å². The lowest BCUT2D eigenvalue weighted by atomic mass is 10.0. The van der Waals surface area contributed by atoms with Gasteiger partial charge in [-0.05, 0) is 50.0 Å². The van der Waals surface area contributed by atoms with Gasteiger partial charge in [0.25, 0.3) is 0 Å². The summed E-state index contributed by atoms with van der Waals surface area (Å²) in [5.74, 6) is 1.08. The fraction of sp³-hybridized carbons (Fsp3) is 0.647. The van der Waals surface area contributed by atoms with Crippen molar-refractivity contribution in [2.75, 3.05) is 26.7 Å². The van der Waals surface area contributed by atoms with Crippen molar-refractivity contribution in [1.82, 2.24) is 10.2 Å². The van der Waals surface area contributed by atoms with E-state index in [0.29, 0.717) is 12.1 Å². The molecule has 0 saturated carbocycles. The summed E-state index contributed by atoms with van der Waals surface area (Å²) in [7, 11) is 2.24. The van der Waals surface area contributed by atoms with E-state index in [1.54, 1.807) is 0 Å². The van der Waals surface area contributed by atoms with Crippen LogP contribution in [0.15, 0.2) is 18.2 Å². The summed E-state index contributed by atoms with van der Waals surface area (Å²) in [6, 6.07) is 7.88. The van der Waals surface area contributed by atoms with Crippen LogP contribution in [0.2, 0.25) is 0 Å². The molecule has 110 valence electrons. The summed E-state index contributed by atoms with van der Waals surface area (Å²) in [4.78, 5) is 2.48. The molecule has 3 heteroatoms. The van der Waals surface area contributed by atoms with Gasteiger partial charge in [0.05, 0.1) is 6.61 Å². The van der Waals surface area contributed by atoms with Crippen LogP contribution in [-0.2, 0) is 6.42 Å². The van der Waals surface area contributed by atoms with Gasteiger partial charge in [0, 0.05) is 25.0 Å². The van der Waals surface area contributed by atoms with Gasteiger partial charge < -0.3 is 15.0 Å². The first-order valence-corrected chi connectivity index (χ1v) is 7.97. The molecular weight excluding hydrogens is 248 g/mol. The van der Waals surface area contributed by atoms with Crippen molar-refractivity contribution in [2.45, 2.75) is 44.7 Å². The van der Waals surface area contributed by atoms with E-state index in [1.807, 2.05) is 0 Å². The molecule has 0 amide bonds. The van der Waals surface area contributed by atoms with Gasteiger partial charge in [-0.15, -0.1) is 0 Å². The molecule has 2 unspecified atom stereocenters. The first kappa shape index (κ1) is 13.9. The fourth-order valence-electron chi connectivity index (χ4n) is 3.44. The van der Waals surface area contributed by atoms with Crippen LogP contribution in [0.5, 0.6) is 5.75 Å². The molecular formula is C17H26N2O. The minimum absolute atomic E-state index is 0.467. The predicted molar refractivity (Wildman–Crippen MR) is 82.3 cm³/mol. The maximum Gasteiger partial charge on any atom is 0.122 e. The third-order valence-corrected chi connectivity index (χ3v) is 4.80. The van der Waals surface area contributed by atoms with E-state index in [9.17, 15) is 0 Å². The van der Waals surface area contributed by atoms with E-state index < -0.39 is 0 Å². The maximum atomic E-state index is 5.60. The minimum Gasteiger partial charge on any atom is -0.493 e. The van der Waals surface area contributed by atoms with Crippen LogP contribution < -0.4 is 10.1 Å². The normalized spacial score (nSPS) is 23.6. The fourth-order valence-corrected chi connectivity index (χ4v) is 3.44. The standard InChI is InChI=1S/C17H26N2O/c1-3-16(18-12-15-5-4-9-19(15)2)13-6-7-17-14(11-13)8-10-20-17/h6-7,11,15-16,18H,3-5,8-10,12H2,1-2H3. The summed E-state index contributed by atoms with van der Waals surface area (Å²) in [5.41, 5.74) is 2.79. The van der Waals surface area contributed by atoms with E-state index in [2.05, 4.69) is 42.4 Å². The first-order chi connectivity index (χ1) is 9.78. The van der Waals surface area contributed by atoms with Gasteiger partial charge in [0.1, 0.15) is 5.75 Å².